The largest absolute Gasteiger partial charge is 0.376 e. The van der Waals surface area contributed by atoms with E-state index in [0.717, 1.165) is 48.3 Å². The molecular formula is C16H26N4O2S2. The van der Waals surface area contributed by atoms with Crippen LogP contribution in [0.3, 0.4) is 0 Å². The van der Waals surface area contributed by atoms with E-state index < -0.39 is 0 Å². The van der Waals surface area contributed by atoms with Crippen molar-refractivity contribution in [3.8, 4) is 0 Å². The first-order valence-electron chi connectivity index (χ1n) is 8.91. The Labute approximate surface area is 151 Å². The number of carbonyl (C=O) groups is 1. The van der Waals surface area contributed by atoms with Crippen LogP contribution in [0.15, 0.2) is 4.34 Å². The first kappa shape index (κ1) is 17.9. The van der Waals surface area contributed by atoms with Crippen molar-refractivity contribution in [3.63, 3.8) is 0 Å². The Morgan fingerprint density at radius 2 is 2.00 bits per heavy atom. The van der Waals surface area contributed by atoms with Gasteiger partial charge in [0.25, 0.3) is 0 Å². The molecule has 0 spiro atoms. The Hall–Kier alpha value is -0.860. The molecule has 0 unspecified atom stereocenters. The number of aromatic nitrogens is 2. The molecular weight excluding hydrogens is 344 g/mol. The molecule has 6 nitrogen and oxygen atoms in total. The van der Waals surface area contributed by atoms with Gasteiger partial charge in [0.15, 0.2) is 4.34 Å². The van der Waals surface area contributed by atoms with Gasteiger partial charge in [-0.2, -0.15) is 0 Å². The number of carbonyl (C=O) groups excluding carboxylic acids is 1. The molecule has 8 heteroatoms. The molecule has 0 bridgehead atoms. The van der Waals surface area contributed by atoms with Crippen LogP contribution >= 0.6 is 23.1 Å². The predicted molar refractivity (Wildman–Crippen MR) is 97.7 cm³/mol. The summed E-state index contributed by atoms with van der Waals surface area (Å²) < 4.78 is 6.41. The molecule has 134 valence electrons. The molecule has 24 heavy (non-hydrogen) atoms. The van der Waals surface area contributed by atoms with E-state index in [4.69, 9.17) is 4.74 Å². The number of thioether (sulfide) groups is 1. The Bertz CT molecular complexity index is 512. The average molecular weight is 371 g/mol. The molecule has 2 N–H and O–H groups in total. The topological polar surface area (TPSA) is 76.1 Å². The summed E-state index contributed by atoms with van der Waals surface area (Å²) in [4.78, 5) is 12.1. The van der Waals surface area contributed by atoms with Crippen molar-refractivity contribution in [1.82, 2.24) is 15.5 Å². The third-order valence-electron chi connectivity index (χ3n) is 4.46. The van der Waals surface area contributed by atoms with Gasteiger partial charge >= 0.3 is 0 Å². The fourth-order valence-corrected chi connectivity index (χ4v) is 4.74. The standard InChI is InChI=1S/C16H26N4O2S2/c21-14(18-12-6-3-1-2-4-7-12)11-23-16-20-19-15(24-16)17-10-13-8-5-9-22-13/h12-13H,1-11H2,(H,17,19)(H,18,21)/t13-/m1/s1. The molecule has 1 saturated carbocycles. The summed E-state index contributed by atoms with van der Waals surface area (Å²) in [6.45, 7) is 1.64. The van der Waals surface area contributed by atoms with Crippen LogP contribution in [0.25, 0.3) is 0 Å². The molecule has 3 rings (SSSR count). The van der Waals surface area contributed by atoms with Crippen LogP contribution < -0.4 is 10.6 Å². The summed E-state index contributed by atoms with van der Waals surface area (Å²) in [7, 11) is 0. The smallest absolute Gasteiger partial charge is 0.230 e. The summed E-state index contributed by atoms with van der Waals surface area (Å²) >= 11 is 2.96. The lowest BCUT2D eigenvalue weighted by molar-refractivity contribution is -0.119. The predicted octanol–water partition coefficient (Wildman–Crippen LogP) is 3.06. The van der Waals surface area contributed by atoms with Gasteiger partial charge in [0, 0.05) is 19.2 Å². The maximum Gasteiger partial charge on any atom is 0.230 e. The number of nitrogens with one attached hydrogen (secondary N) is 2. The monoisotopic (exact) mass is 370 g/mol. The minimum absolute atomic E-state index is 0.107. The minimum atomic E-state index is 0.107. The lowest BCUT2D eigenvalue weighted by atomic mass is 10.1. The summed E-state index contributed by atoms with van der Waals surface area (Å²) in [5.41, 5.74) is 0. The molecule has 1 aromatic rings. The van der Waals surface area contributed by atoms with Crippen LogP contribution in [0.2, 0.25) is 0 Å². The summed E-state index contributed by atoms with van der Waals surface area (Å²) in [5, 5.41) is 15.5. The van der Waals surface area contributed by atoms with Crippen molar-refractivity contribution >= 4 is 34.1 Å². The lowest BCUT2D eigenvalue weighted by Crippen LogP contribution is -2.35. The quantitative estimate of drug-likeness (QED) is 0.567. The number of hydrogen-bond donors (Lipinski definition) is 2. The van der Waals surface area contributed by atoms with E-state index in [-0.39, 0.29) is 12.0 Å². The Kier molecular flexibility index (Phi) is 7.16. The van der Waals surface area contributed by atoms with Gasteiger partial charge in [0.2, 0.25) is 11.0 Å². The molecule has 1 atom stereocenters. The highest BCUT2D eigenvalue weighted by Gasteiger charge is 2.17. The van der Waals surface area contributed by atoms with Gasteiger partial charge in [-0.25, -0.2) is 0 Å². The van der Waals surface area contributed by atoms with Crippen LogP contribution in [-0.4, -0.2) is 47.2 Å². The lowest BCUT2D eigenvalue weighted by Gasteiger charge is -2.15. The van der Waals surface area contributed by atoms with Crippen LogP contribution in [-0.2, 0) is 9.53 Å². The van der Waals surface area contributed by atoms with Gasteiger partial charge in [-0.15, -0.1) is 10.2 Å². The van der Waals surface area contributed by atoms with Gasteiger partial charge < -0.3 is 15.4 Å². The minimum Gasteiger partial charge on any atom is -0.376 e. The maximum absolute atomic E-state index is 12.1. The highest BCUT2D eigenvalue weighted by Crippen LogP contribution is 2.26. The first-order chi connectivity index (χ1) is 11.8. The van der Waals surface area contributed by atoms with E-state index in [1.807, 2.05) is 0 Å². The van der Waals surface area contributed by atoms with Gasteiger partial charge in [-0.3, -0.25) is 4.79 Å². The number of nitrogens with zero attached hydrogens (tertiary/aromatic N) is 2. The molecule has 1 aliphatic carbocycles. The van der Waals surface area contributed by atoms with Crippen LogP contribution in [0.5, 0.6) is 0 Å². The van der Waals surface area contributed by atoms with Crippen molar-refractivity contribution in [1.29, 1.82) is 0 Å². The summed E-state index contributed by atoms with van der Waals surface area (Å²) in [6.07, 6.45) is 9.83. The third-order valence-corrected chi connectivity index (χ3v) is 6.47. The first-order valence-corrected chi connectivity index (χ1v) is 10.7. The fraction of sp³-hybridized carbons (Fsp3) is 0.812. The van der Waals surface area contributed by atoms with E-state index in [1.165, 1.54) is 48.8 Å². The zero-order chi connectivity index (χ0) is 16.6. The molecule has 1 saturated heterocycles. The van der Waals surface area contributed by atoms with Gasteiger partial charge in [0.1, 0.15) is 0 Å². The molecule has 2 heterocycles. The normalized spacial score (nSPS) is 22.2. The van der Waals surface area contributed by atoms with Crippen LogP contribution in [0.1, 0.15) is 51.4 Å². The van der Waals surface area contributed by atoms with Crippen molar-refractivity contribution < 1.29 is 9.53 Å². The number of hydrogen-bond acceptors (Lipinski definition) is 7. The molecule has 0 aromatic carbocycles. The van der Waals surface area contributed by atoms with E-state index >= 15 is 0 Å². The number of ether oxygens (including phenoxy) is 1. The fourth-order valence-electron chi connectivity index (χ4n) is 3.17. The zero-order valence-electron chi connectivity index (χ0n) is 14.0. The number of anilines is 1. The average Bonchev–Trinajstić information content (AvgIpc) is 3.19. The molecule has 2 aliphatic rings. The SMILES string of the molecule is O=C(CSc1nnc(NC[C@H]2CCCO2)s1)NC1CCCCCC1. The highest BCUT2D eigenvalue weighted by molar-refractivity contribution is 8.01. The summed E-state index contributed by atoms with van der Waals surface area (Å²) in [5.74, 6) is 0.521. The molecule has 1 aliphatic heterocycles. The second-order valence-corrected chi connectivity index (χ2v) is 8.63. The van der Waals surface area contributed by atoms with Crippen molar-refractivity contribution in [2.24, 2.45) is 0 Å². The van der Waals surface area contributed by atoms with Gasteiger partial charge in [-0.05, 0) is 25.7 Å². The number of amides is 1. The second-order valence-electron chi connectivity index (χ2n) is 6.43. The van der Waals surface area contributed by atoms with E-state index in [0.29, 0.717) is 11.8 Å². The van der Waals surface area contributed by atoms with Gasteiger partial charge in [0.05, 0.1) is 11.9 Å². The van der Waals surface area contributed by atoms with Crippen molar-refractivity contribution in [3.05, 3.63) is 0 Å². The summed E-state index contributed by atoms with van der Waals surface area (Å²) in [6, 6.07) is 0.360. The number of rotatable bonds is 7. The molecule has 0 radical (unpaired) electrons. The Morgan fingerprint density at radius 3 is 2.75 bits per heavy atom. The molecule has 2 fully saturated rings. The van der Waals surface area contributed by atoms with Crippen molar-refractivity contribution in [2.75, 3.05) is 24.2 Å². The highest BCUT2D eigenvalue weighted by atomic mass is 32.2. The van der Waals surface area contributed by atoms with Crippen LogP contribution in [0, 0.1) is 0 Å². The van der Waals surface area contributed by atoms with E-state index in [9.17, 15) is 4.79 Å². The van der Waals surface area contributed by atoms with Gasteiger partial charge in [-0.1, -0.05) is 48.8 Å². The third kappa shape index (κ3) is 5.89. The zero-order valence-corrected chi connectivity index (χ0v) is 15.6. The molecule has 1 amide bonds. The van der Waals surface area contributed by atoms with Crippen molar-refractivity contribution in [2.45, 2.75) is 67.9 Å². The molecule has 1 aromatic heterocycles. The van der Waals surface area contributed by atoms with E-state index in [1.54, 1.807) is 0 Å². The second kappa shape index (κ2) is 9.58. The maximum atomic E-state index is 12.1. The van der Waals surface area contributed by atoms with Crippen LogP contribution in [0.4, 0.5) is 5.13 Å². The Balaban J connectivity index is 1.35. The van der Waals surface area contributed by atoms with E-state index in [2.05, 4.69) is 20.8 Å². The Morgan fingerprint density at radius 1 is 1.17 bits per heavy atom.